The molecule has 0 aliphatic heterocycles. The normalized spacial score (nSPS) is 12.6. The van der Waals surface area contributed by atoms with Gasteiger partial charge in [-0.25, -0.2) is 0 Å². The molecule has 0 bridgehead atoms. The molecule has 3 aromatic rings. The molecule has 5 nitrogen and oxygen atoms in total. The van der Waals surface area contributed by atoms with Gasteiger partial charge in [-0.1, -0.05) is 6.92 Å². The highest BCUT2D eigenvalue weighted by atomic mass is 16.5. The molecule has 1 unspecified atom stereocenters. The number of anilines is 2. The van der Waals surface area contributed by atoms with Gasteiger partial charge in [0.2, 0.25) is 0 Å². The predicted octanol–water partition coefficient (Wildman–Crippen LogP) is 3.52. The number of rotatable bonds is 6. The van der Waals surface area contributed by atoms with Crippen molar-refractivity contribution in [2.45, 2.75) is 13.2 Å². The van der Waals surface area contributed by atoms with Crippen molar-refractivity contribution < 1.29 is 14.6 Å². The Morgan fingerprint density at radius 1 is 1.04 bits per heavy atom. The summed E-state index contributed by atoms with van der Waals surface area (Å²) in [6, 6.07) is 16.1. The van der Waals surface area contributed by atoms with Gasteiger partial charge < -0.3 is 24.8 Å². The average molecular weight is 340 g/mol. The van der Waals surface area contributed by atoms with Crippen LogP contribution >= 0.6 is 0 Å². The third kappa shape index (κ3) is 3.95. The number of fused-ring (bicyclic) bond motifs is 1. The fourth-order valence-electron chi connectivity index (χ4n) is 2.58. The maximum atomic E-state index is 9.11. The molecule has 1 atom stereocenters. The fourth-order valence-corrected chi connectivity index (χ4v) is 2.58. The van der Waals surface area contributed by atoms with E-state index < -0.39 is 6.29 Å². The van der Waals surface area contributed by atoms with Crippen LogP contribution in [0.3, 0.4) is 0 Å². The molecular weight excluding hydrogens is 316 g/mol. The summed E-state index contributed by atoms with van der Waals surface area (Å²) in [5.74, 6) is 0.595. The van der Waals surface area contributed by atoms with Gasteiger partial charge in [-0.3, -0.25) is 0 Å². The van der Waals surface area contributed by atoms with E-state index in [-0.39, 0.29) is 5.92 Å². The topological polar surface area (TPSA) is 68.9 Å². The van der Waals surface area contributed by atoms with E-state index in [4.69, 9.17) is 14.6 Å². The van der Waals surface area contributed by atoms with E-state index in [9.17, 15) is 0 Å². The summed E-state index contributed by atoms with van der Waals surface area (Å²) >= 11 is 0. The predicted molar refractivity (Wildman–Crippen MR) is 102 cm³/mol. The fraction of sp³-hybridized carbons (Fsp3) is 0.300. The van der Waals surface area contributed by atoms with Crippen molar-refractivity contribution in [3.05, 3.63) is 48.5 Å². The largest absolute Gasteiger partial charge is 0.456 e. The summed E-state index contributed by atoms with van der Waals surface area (Å²) in [5, 5.41) is 22.5. The molecule has 25 heavy (non-hydrogen) atoms. The van der Waals surface area contributed by atoms with Gasteiger partial charge in [0.25, 0.3) is 0 Å². The van der Waals surface area contributed by atoms with Crippen molar-refractivity contribution in [3.63, 3.8) is 0 Å². The standard InChI is InChI=1S/C20H24N2O3/c1-13(20(23)24)12-21-16-7-4-14(5-8-16)18-10-15-6-9-17(22(2)3)11-19(15)25-18/h4-11,13,20-21,23-24H,12H2,1-3H3. The molecule has 1 heterocycles. The molecule has 3 N–H and O–H groups in total. The minimum absolute atomic E-state index is 0.235. The Morgan fingerprint density at radius 2 is 1.76 bits per heavy atom. The van der Waals surface area contributed by atoms with Gasteiger partial charge >= 0.3 is 0 Å². The number of hydrogen-bond acceptors (Lipinski definition) is 5. The zero-order valence-electron chi connectivity index (χ0n) is 14.7. The molecule has 0 saturated heterocycles. The molecule has 0 aliphatic rings. The zero-order valence-corrected chi connectivity index (χ0v) is 14.7. The Labute approximate surface area is 147 Å². The molecule has 2 aromatic carbocycles. The first-order valence-corrected chi connectivity index (χ1v) is 8.35. The number of aliphatic hydroxyl groups excluding tert-OH is 1. The first kappa shape index (κ1) is 17.3. The van der Waals surface area contributed by atoms with Gasteiger partial charge in [0.15, 0.2) is 6.29 Å². The van der Waals surface area contributed by atoms with Crippen molar-refractivity contribution in [2.24, 2.45) is 5.92 Å². The molecular formula is C20H24N2O3. The van der Waals surface area contributed by atoms with Crippen molar-refractivity contribution in [3.8, 4) is 11.3 Å². The molecule has 132 valence electrons. The first-order chi connectivity index (χ1) is 11.9. The highest BCUT2D eigenvalue weighted by Gasteiger charge is 2.10. The average Bonchev–Trinajstić information content (AvgIpc) is 3.03. The van der Waals surface area contributed by atoms with E-state index in [1.807, 2.05) is 55.4 Å². The molecule has 0 radical (unpaired) electrons. The Balaban J connectivity index is 1.76. The van der Waals surface area contributed by atoms with E-state index in [0.717, 1.165) is 33.7 Å². The van der Waals surface area contributed by atoms with E-state index >= 15 is 0 Å². The van der Waals surface area contributed by atoms with Crippen LogP contribution in [0.5, 0.6) is 0 Å². The number of furan rings is 1. The number of nitrogens with zero attached hydrogens (tertiary/aromatic N) is 1. The smallest absolute Gasteiger partial charge is 0.155 e. The minimum Gasteiger partial charge on any atom is -0.456 e. The van der Waals surface area contributed by atoms with Gasteiger partial charge in [-0.15, -0.1) is 0 Å². The quantitative estimate of drug-likeness (QED) is 0.599. The summed E-state index contributed by atoms with van der Waals surface area (Å²) in [5.41, 5.74) is 3.91. The molecule has 3 rings (SSSR count). The summed E-state index contributed by atoms with van der Waals surface area (Å²) < 4.78 is 6.00. The van der Waals surface area contributed by atoms with E-state index in [1.165, 1.54) is 0 Å². The summed E-state index contributed by atoms with van der Waals surface area (Å²) in [6.45, 7) is 2.28. The SMILES string of the molecule is CC(CNc1ccc(-c2cc3ccc(N(C)C)cc3o2)cc1)C(O)O. The third-order valence-electron chi connectivity index (χ3n) is 4.33. The zero-order chi connectivity index (χ0) is 18.0. The van der Waals surface area contributed by atoms with E-state index in [0.29, 0.717) is 6.54 Å². The van der Waals surface area contributed by atoms with Gasteiger partial charge in [0, 0.05) is 54.9 Å². The van der Waals surface area contributed by atoms with Crippen LogP contribution in [0.1, 0.15) is 6.92 Å². The van der Waals surface area contributed by atoms with Crippen LogP contribution in [0.25, 0.3) is 22.3 Å². The Morgan fingerprint density at radius 3 is 2.40 bits per heavy atom. The van der Waals surface area contributed by atoms with Crippen molar-refractivity contribution in [1.29, 1.82) is 0 Å². The summed E-state index contributed by atoms with van der Waals surface area (Å²) in [4.78, 5) is 2.05. The highest BCUT2D eigenvalue weighted by molar-refractivity contribution is 5.85. The van der Waals surface area contributed by atoms with E-state index in [1.54, 1.807) is 6.92 Å². The lowest BCUT2D eigenvalue weighted by atomic mass is 10.1. The lowest BCUT2D eigenvalue weighted by Crippen LogP contribution is -2.24. The molecule has 1 aromatic heterocycles. The second-order valence-electron chi connectivity index (χ2n) is 6.58. The van der Waals surface area contributed by atoms with Crippen LogP contribution in [0, 0.1) is 5.92 Å². The van der Waals surface area contributed by atoms with Crippen LogP contribution in [-0.4, -0.2) is 37.1 Å². The Hall–Kier alpha value is -2.50. The van der Waals surface area contributed by atoms with Crippen molar-refractivity contribution >= 4 is 22.3 Å². The molecule has 0 amide bonds. The third-order valence-corrected chi connectivity index (χ3v) is 4.33. The van der Waals surface area contributed by atoms with Crippen LogP contribution in [-0.2, 0) is 0 Å². The van der Waals surface area contributed by atoms with Crippen LogP contribution in [0.2, 0.25) is 0 Å². The Bertz CT molecular complexity index is 838. The number of nitrogens with one attached hydrogen (secondary N) is 1. The second-order valence-corrected chi connectivity index (χ2v) is 6.58. The number of hydrogen-bond donors (Lipinski definition) is 3. The second kappa shape index (κ2) is 7.17. The minimum atomic E-state index is -1.31. The van der Waals surface area contributed by atoms with Crippen LogP contribution < -0.4 is 10.2 Å². The van der Waals surface area contributed by atoms with Gasteiger partial charge in [-0.05, 0) is 42.5 Å². The highest BCUT2D eigenvalue weighted by Crippen LogP contribution is 2.30. The Kier molecular flexibility index (Phi) is 4.97. The maximum Gasteiger partial charge on any atom is 0.155 e. The summed E-state index contributed by atoms with van der Waals surface area (Å²) in [6.07, 6.45) is -1.31. The first-order valence-electron chi connectivity index (χ1n) is 8.35. The molecule has 0 aliphatic carbocycles. The number of benzene rings is 2. The molecule has 5 heteroatoms. The van der Waals surface area contributed by atoms with Gasteiger partial charge in [0.05, 0.1) is 0 Å². The van der Waals surface area contributed by atoms with Gasteiger partial charge in [-0.2, -0.15) is 0 Å². The monoisotopic (exact) mass is 340 g/mol. The molecule has 0 saturated carbocycles. The lowest BCUT2D eigenvalue weighted by molar-refractivity contribution is -0.0744. The molecule has 0 spiro atoms. The maximum absolute atomic E-state index is 9.11. The summed E-state index contributed by atoms with van der Waals surface area (Å²) in [7, 11) is 4.01. The van der Waals surface area contributed by atoms with Crippen molar-refractivity contribution in [2.75, 3.05) is 30.9 Å². The van der Waals surface area contributed by atoms with Crippen molar-refractivity contribution in [1.82, 2.24) is 0 Å². The van der Waals surface area contributed by atoms with Crippen LogP contribution in [0.15, 0.2) is 52.9 Å². The molecule has 0 fully saturated rings. The lowest BCUT2D eigenvalue weighted by Gasteiger charge is -2.15. The van der Waals surface area contributed by atoms with Gasteiger partial charge in [0.1, 0.15) is 11.3 Å². The van der Waals surface area contributed by atoms with E-state index in [2.05, 4.69) is 17.4 Å². The number of aliphatic hydroxyl groups is 2. The van der Waals surface area contributed by atoms with Crippen LogP contribution in [0.4, 0.5) is 11.4 Å².